The van der Waals surface area contributed by atoms with E-state index in [4.69, 9.17) is 10.00 Å². The average Bonchev–Trinajstić information content (AvgIpc) is 2.46. The molecular formula is C16H21NO. The van der Waals surface area contributed by atoms with E-state index >= 15 is 0 Å². The second kappa shape index (κ2) is 5.91. The summed E-state index contributed by atoms with van der Waals surface area (Å²) in [6, 6.07) is 10.8. The number of methoxy groups -OCH3 is 1. The zero-order chi connectivity index (χ0) is 13.0. The van der Waals surface area contributed by atoms with Crippen LogP contribution in [0.15, 0.2) is 24.3 Å². The fraction of sp³-hybridized carbons (Fsp3) is 0.562. The minimum atomic E-state index is 0.150. The number of hydrogen-bond acceptors (Lipinski definition) is 2. The quantitative estimate of drug-likeness (QED) is 0.799. The van der Waals surface area contributed by atoms with Crippen LogP contribution < -0.4 is 4.74 Å². The van der Waals surface area contributed by atoms with Crippen molar-refractivity contribution in [3.8, 4) is 11.8 Å². The van der Waals surface area contributed by atoms with Gasteiger partial charge in [-0.1, -0.05) is 25.0 Å². The summed E-state index contributed by atoms with van der Waals surface area (Å²) in [6.45, 7) is 2.06. The first-order chi connectivity index (χ1) is 8.76. The third-order valence-electron chi connectivity index (χ3n) is 4.21. The van der Waals surface area contributed by atoms with Gasteiger partial charge in [-0.15, -0.1) is 0 Å². The van der Waals surface area contributed by atoms with Gasteiger partial charge in [-0.3, -0.25) is 0 Å². The molecule has 0 radical (unpaired) electrons. The minimum Gasteiger partial charge on any atom is -0.497 e. The normalized spacial score (nSPS) is 25.2. The largest absolute Gasteiger partial charge is 0.497 e. The molecule has 0 amide bonds. The van der Waals surface area contributed by atoms with Crippen LogP contribution in [0.2, 0.25) is 0 Å². The van der Waals surface area contributed by atoms with Gasteiger partial charge >= 0.3 is 0 Å². The molecule has 18 heavy (non-hydrogen) atoms. The molecule has 3 unspecified atom stereocenters. The molecule has 96 valence electrons. The van der Waals surface area contributed by atoms with Crippen LogP contribution in [0, 0.1) is 23.2 Å². The molecule has 0 heterocycles. The van der Waals surface area contributed by atoms with E-state index in [1.165, 1.54) is 31.2 Å². The minimum absolute atomic E-state index is 0.150. The number of benzene rings is 1. The Balaban J connectivity index is 2.20. The zero-order valence-corrected chi connectivity index (χ0v) is 11.2. The van der Waals surface area contributed by atoms with Crippen molar-refractivity contribution < 1.29 is 4.74 Å². The van der Waals surface area contributed by atoms with Crippen molar-refractivity contribution in [1.82, 2.24) is 0 Å². The summed E-state index contributed by atoms with van der Waals surface area (Å²) in [6.07, 6.45) is 4.95. The molecule has 1 aromatic rings. The Hall–Kier alpha value is -1.49. The van der Waals surface area contributed by atoms with E-state index in [2.05, 4.69) is 25.1 Å². The number of rotatable bonds is 3. The van der Waals surface area contributed by atoms with E-state index in [0.29, 0.717) is 11.8 Å². The molecule has 2 nitrogen and oxygen atoms in total. The third kappa shape index (κ3) is 2.67. The highest BCUT2D eigenvalue weighted by atomic mass is 16.5. The van der Waals surface area contributed by atoms with E-state index in [-0.39, 0.29) is 5.92 Å². The molecule has 0 bridgehead atoms. The Morgan fingerprint density at radius 3 is 2.50 bits per heavy atom. The molecule has 1 aromatic carbocycles. The van der Waals surface area contributed by atoms with Crippen molar-refractivity contribution in [2.45, 2.75) is 38.5 Å². The highest BCUT2D eigenvalue weighted by Gasteiger charge is 2.30. The van der Waals surface area contributed by atoms with Crippen molar-refractivity contribution in [2.75, 3.05) is 7.11 Å². The average molecular weight is 243 g/mol. The Morgan fingerprint density at radius 2 is 1.89 bits per heavy atom. The molecule has 0 aromatic heterocycles. The van der Waals surface area contributed by atoms with E-state index in [1.807, 2.05) is 12.1 Å². The first kappa shape index (κ1) is 13.0. The monoisotopic (exact) mass is 243 g/mol. The number of nitrogens with zero attached hydrogens (tertiary/aromatic N) is 1. The molecule has 1 aliphatic rings. The molecule has 0 N–H and O–H groups in total. The summed E-state index contributed by atoms with van der Waals surface area (Å²) >= 11 is 0. The van der Waals surface area contributed by atoms with Gasteiger partial charge in [0.1, 0.15) is 5.75 Å². The fourth-order valence-electron chi connectivity index (χ4n) is 3.12. The molecule has 1 fully saturated rings. The van der Waals surface area contributed by atoms with Crippen molar-refractivity contribution >= 4 is 0 Å². The first-order valence-electron chi connectivity index (χ1n) is 6.80. The van der Waals surface area contributed by atoms with Crippen LogP contribution in [0.1, 0.15) is 44.1 Å². The Bertz CT molecular complexity index is 418. The molecule has 2 rings (SSSR count). The predicted octanol–water partition coefficient (Wildman–Crippen LogP) is 4.13. The molecule has 3 atom stereocenters. The van der Waals surface area contributed by atoms with Gasteiger partial charge in [0.05, 0.1) is 13.2 Å². The van der Waals surface area contributed by atoms with Crippen LogP contribution in [0.4, 0.5) is 0 Å². The highest BCUT2D eigenvalue weighted by molar-refractivity contribution is 5.30. The number of hydrogen-bond donors (Lipinski definition) is 0. The molecule has 2 heteroatoms. The zero-order valence-electron chi connectivity index (χ0n) is 11.2. The van der Waals surface area contributed by atoms with E-state index in [1.54, 1.807) is 7.11 Å². The van der Waals surface area contributed by atoms with Crippen LogP contribution in [0.25, 0.3) is 0 Å². The Morgan fingerprint density at radius 1 is 1.22 bits per heavy atom. The maximum atomic E-state index is 9.16. The summed E-state index contributed by atoms with van der Waals surface area (Å²) in [4.78, 5) is 0. The lowest BCUT2D eigenvalue weighted by Crippen LogP contribution is -2.23. The lowest BCUT2D eigenvalue weighted by molar-refractivity contribution is 0.260. The molecule has 1 saturated carbocycles. The standard InChI is InChI=1S/C16H21NO/c1-12(11-17)15-5-3-4-6-16(15)13-7-9-14(18-2)10-8-13/h7-10,12,15-16H,3-6H2,1-2H3. The fourth-order valence-corrected chi connectivity index (χ4v) is 3.12. The van der Waals surface area contributed by atoms with Gasteiger partial charge in [0, 0.05) is 5.92 Å². The van der Waals surface area contributed by atoms with Crippen molar-refractivity contribution in [3.63, 3.8) is 0 Å². The number of nitriles is 1. The lowest BCUT2D eigenvalue weighted by Gasteiger charge is -2.33. The van der Waals surface area contributed by atoms with Gasteiger partial charge in [-0.2, -0.15) is 5.26 Å². The van der Waals surface area contributed by atoms with Gasteiger partial charge < -0.3 is 4.74 Å². The summed E-state index contributed by atoms with van der Waals surface area (Å²) in [5.74, 6) is 2.10. The van der Waals surface area contributed by atoms with E-state index in [9.17, 15) is 0 Å². The molecular weight excluding hydrogens is 222 g/mol. The van der Waals surface area contributed by atoms with Gasteiger partial charge in [-0.25, -0.2) is 0 Å². The van der Waals surface area contributed by atoms with Gasteiger partial charge in [-0.05, 0) is 49.3 Å². The first-order valence-corrected chi connectivity index (χ1v) is 6.80. The summed E-state index contributed by atoms with van der Waals surface area (Å²) in [7, 11) is 1.69. The van der Waals surface area contributed by atoms with Crippen LogP contribution in [0.3, 0.4) is 0 Å². The molecule has 0 aliphatic heterocycles. The van der Waals surface area contributed by atoms with E-state index in [0.717, 1.165) is 5.75 Å². The van der Waals surface area contributed by atoms with E-state index < -0.39 is 0 Å². The van der Waals surface area contributed by atoms with Crippen LogP contribution >= 0.6 is 0 Å². The third-order valence-corrected chi connectivity index (χ3v) is 4.21. The maximum Gasteiger partial charge on any atom is 0.118 e. The summed E-state index contributed by atoms with van der Waals surface area (Å²) in [5, 5.41) is 9.16. The van der Waals surface area contributed by atoms with Crippen LogP contribution in [-0.4, -0.2) is 7.11 Å². The van der Waals surface area contributed by atoms with Crippen molar-refractivity contribution in [1.29, 1.82) is 5.26 Å². The second-order valence-electron chi connectivity index (χ2n) is 5.25. The smallest absolute Gasteiger partial charge is 0.118 e. The van der Waals surface area contributed by atoms with Crippen molar-refractivity contribution in [3.05, 3.63) is 29.8 Å². The van der Waals surface area contributed by atoms with Gasteiger partial charge in [0.25, 0.3) is 0 Å². The highest BCUT2D eigenvalue weighted by Crippen LogP contribution is 2.41. The second-order valence-corrected chi connectivity index (χ2v) is 5.25. The van der Waals surface area contributed by atoms with Crippen molar-refractivity contribution in [2.24, 2.45) is 11.8 Å². The lowest BCUT2D eigenvalue weighted by atomic mass is 9.70. The summed E-state index contributed by atoms with van der Waals surface area (Å²) < 4.78 is 5.20. The van der Waals surface area contributed by atoms with Gasteiger partial charge in [0.15, 0.2) is 0 Å². The molecule has 1 aliphatic carbocycles. The molecule has 0 spiro atoms. The van der Waals surface area contributed by atoms with Crippen LogP contribution in [0.5, 0.6) is 5.75 Å². The van der Waals surface area contributed by atoms with Crippen LogP contribution in [-0.2, 0) is 0 Å². The summed E-state index contributed by atoms with van der Waals surface area (Å²) in [5.41, 5.74) is 1.36. The predicted molar refractivity (Wildman–Crippen MR) is 72.5 cm³/mol. The SMILES string of the molecule is COc1ccc(C2CCCCC2C(C)C#N)cc1. The van der Waals surface area contributed by atoms with Gasteiger partial charge in [0.2, 0.25) is 0 Å². The molecule has 0 saturated heterocycles. The number of ether oxygens (including phenoxy) is 1. The topological polar surface area (TPSA) is 33.0 Å². The maximum absolute atomic E-state index is 9.16. The Labute approximate surface area is 110 Å². The Kier molecular flexibility index (Phi) is 4.25.